The molecule has 2 N–H and O–H groups in total. The minimum atomic E-state index is -1.10. The van der Waals surface area contributed by atoms with E-state index in [-0.39, 0.29) is 17.2 Å². The summed E-state index contributed by atoms with van der Waals surface area (Å²) in [7, 11) is 0. The topological polar surface area (TPSA) is 75.6 Å². The lowest BCUT2D eigenvalue weighted by Crippen LogP contribution is -2.14. The van der Waals surface area contributed by atoms with E-state index >= 15 is 0 Å². The summed E-state index contributed by atoms with van der Waals surface area (Å²) in [6, 6.07) is 18.4. The molecule has 132 valence electrons. The van der Waals surface area contributed by atoms with Gasteiger partial charge in [0, 0.05) is 9.35 Å². The van der Waals surface area contributed by atoms with Crippen LogP contribution in [0.1, 0.15) is 15.2 Å². The standard InChI is InChI=1S/C19H14BrNO4S/c20-14-8-6-13(7-9-14)16-10-15(17(26-16)18(22)23)21-19(24)25-11-12-4-2-1-3-5-12/h1-10H,11H2,(H,21,24)(H,22,23). The molecular weight excluding hydrogens is 418 g/mol. The van der Waals surface area contributed by atoms with E-state index in [9.17, 15) is 14.7 Å². The number of thiophene rings is 1. The number of carbonyl (C=O) groups excluding carboxylic acids is 1. The van der Waals surface area contributed by atoms with Gasteiger partial charge in [0.1, 0.15) is 11.5 Å². The van der Waals surface area contributed by atoms with Crippen LogP contribution in [0, 0.1) is 0 Å². The number of aromatic carboxylic acids is 1. The molecule has 0 unspecified atom stereocenters. The molecule has 5 nitrogen and oxygen atoms in total. The monoisotopic (exact) mass is 431 g/mol. The molecule has 0 atom stereocenters. The highest BCUT2D eigenvalue weighted by Crippen LogP contribution is 2.35. The van der Waals surface area contributed by atoms with Crippen LogP contribution in [-0.2, 0) is 11.3 Å². The van der Waals surface area contributed by atoms with Gasteiger partial charge in [-0.15, -0.1) is 11.3 Å². The van der Waals surface area contributed by atoms with Crippen molar-refractivity contribution < 1.29 is 19.4 Å². The van der Waals surface area contributed by atoms with E-state index in [2.05, 4.69) is 21.2 Å². The van der Waals surface area contributed by atoms with Crippen LogP contribution < -0.4 is 5.32 Å². The molecule has 1 amide bonds. The molecule has 3 rings (SSSR count). The Labute approximate surface area is 162 Å². The number of anilines is 1. The van der Waals surface area contributed by atoms with Crippen LogP contribution in [0.25, 0.3) is 10.4 Å². The third-order valence-electron chi connectivity index (χ3n) is 3.50. The normalized spacial score (nSPS) is 10.3. The summed E-state index contributed by atoms with van der Waals surface area (Å²) in [6.45, 7) is 0.110. The van der Waals surface area contributed by atoms with E-state index < -0.39 is 12.1 Å². The summed E-state index contributed by atoms with van der Waals surface area (Å²) < 4.78 is 6.08. The largest absolute Gasteiger partial charge is 0.477 e. The maximum atomic E-state index is 12.0. The van der Waals surface area contributed by atoms with Gasteiger partial charge in [-0.25, -0.2) is 9.59 Å². The van der Waals surface area contributed by atoms with Crippen LogP contribution >= 0.6 is 27.3 Å². The van der Waals surface area contributed by atoms with Gasteiger partial charge in [0.15, 0.2) is 0 Å². The summed E-state index contributed by atoms with van der Waals surface area (Å²) >= 11 is 4.46. The van der Waals surface area contributed by atoms with Crippen molar-refractivity contribution in [2.24, 2.45) is 0 Å². The number of amides is 1. The predicted octanol–water partition coefficient (Wildman–Crippen LogP) is 5.62. The highest BCUT2D eigenvalue weighted by molar-refractivity contribution is 9.10. The number of carboxylic acid groups (broad SMARTS) is 1. The van der Waals surface area contributed by atoms with Crippen molar-refractivity contribution in [3.05, 3.63) is 75.6 Å². The first-order valence-corrected chi connectivity index (χ1v) is 9.24. The van der Waals surface area contributed by atoms with Gasteiger partial charge in [-0.3, -0.25) is 5.32 Å². The molecule has 0 fully saturated rings. The fourth-order valence-electron chi connectivity index (χ4n) is 2.27. The first kappa shape index (κ1) is 18.2. The Morgan fingerprint density at radius 3 is 2.42 bits per heavy atom. The molecule has 0 aliphatic carbocycles. The van der Waals surface area contributed by atoms with Crippen molar-refractivity contribution in [2.45, 2.75) is 6.61 Å². The molecule has 0 saturated heterocycles. The second-order valence-corrected chi connectivity index (χ2v) is 7.32. The van der Waals surface area contributed by atoms with Crippen LogP contribution in [0.3, 0.4) is 0 Å². The highest BCUT2D eigenvalue weighted by Gasteiger charge is 2.18. The molecule has 1 heterocycles. The Morgan fingerprint density at radius 1 is 1.08 bits per heavy atom. The van der Waals surface area contributed by atoms with Crippen LogP contribution in [0.4, 0.5) is 10.5 Å². The number of nitrogens with one attached hydrogen (secondary N) is 1. The van der Waals surface area contributed by atoms with E-state index in [1.165, 1.54) is 0 Å². The molecule has 3 aromatic rings. The number of benzene rings is 2. The van der Waals surface area contributed by atoms with Crippen molar-refractivity contribution in [1.82, 2.24) is 0 Å². The molecule has 0 saturated carbocycles. The summed E-state index contributed by atoms with van der Waals surface area (Å²) in [4.78, 5) is 24.3. The number of halogens is 1. The third kappa shape index (κ3) is 4.50. The fraction of sp³-hybridized carbons (Fsp3) is 0.0526. The molecule has 2 aromatic carbocycles. The Kier molecular flexibility index (Phi) is 5.70. The van der Waals surface area contributed by atoms with Gasteiger partial charge < -0.3 is 9.84 Å². The molecule has 0 spiro atoms. The molecule has 1 aromatic heterocycles. The molecule has 0 aliphatic rings. The van der Waals surface area contributed by atoms with E-state index in [1.807, 2.05) is 54.6 Å². The van der Waals surface area contributed by atoms with E-state index in [0.717, 1.165) is 31.8 Å². The Bertz CT molecular complexity index is 922. The lowest BCUT2D eigenvalue weighted by molar-refractivity contribution is 0.0703. The number of hydrogen-bond acceptors (Lipinski definition) is 4. The van der Waals surface area contributed by atoms with Crippen molar-refractivity contribution in [3.8, 4) is 10.4 Å². The number of rotatable bonds is 5. The van der Waals surface area contributed by atoms with Gasteiger partial charge in [0.25, 0.3) is 0 Å². The smallest absolute Gasteiger partial charge is 0.412 e. The number of ether oxygens (including phenoxy) is 1. The summed E-state index contributed by atoms with van der Waals surface area (Å²) in [6.07, 6.45) is -0.698. The molecule has 7 heteroatoms. The third-order valence-corrected chi connectivity index (χ3v) is 5.21. The second-order valence-electron chi connectivity index (χ2n) is 5.35. The van der Waals surface area contributed by atoms with E-state index in [4.69, 9.17) is 4.74 Å². The zero-order valence-corrected chi connectivity index (χ0v) is 15.8. The average molecular weight is 432 g/mol. The van der Waals surface area contributed by atoms with Crippen LogP contribution in [0.15, 0.2) is 65.1 Å². The quantitative estimate of drug-likeness (QED) is 0.549. The van der Waals surface area contributed by atoms with E-state index in [1.54, 1.807) is 6.07 Å². The maximum absolute atomic E-state index is 12.0. The Hall–Kier alpha value is -2.64. The van der Waals surface area contributed by atoms with Crippen molar-refractivity contribution in [2.75, 3.05) is 5.32 Å². The fourth-order valence-corrected chi connectivity index (χ4v) is 3.49. The lowest BCUT2D eigenvalue weighted by atomic mass is 10.2. The van der Waals surface area contributed by atoms with Gasteiger partial charge in [-0.2, -0.15) is 0 Å². The first-order valence-electron chi connectivity index (χ1n) is 7.63. The second kappa shape index (κ2) is 8.16. The van der Waals surface area contributed by atoms with Crippen LogP contribution in [0.2, 0.25) is 0 Å². The van der Waals surface area contributed by atoms with E-state index in [0.29, 0.717) is 0 Å². The zero-order valence-electron chi connectivity index (χ0n) is 13.4. The van der Waals surface area contributed by atoms with Gasteiger partial charge >= 0.3 is 12.1 Å². The summed E-state index contributed by atoms with van der Waals surface area (Å²) in [5, 5.41) is 11.9. The molecule has 0 radical (unpaired) electrons. The summed E-state index contributed by atoms with van der Waals surface area (Å²) in [5.41, 5.74) is 1.94. The van der Waals surface area contributed by atoms with Crippen molar-refractivity contribution in [1.29, 1.82) is 0 Å². The van der Waals surface area contributed by atoms with Crippen molar-refractivity contribution in [3.63, 3.8) is 0 Å². The maximum Gasteiger partial charge on any atom is 0.412 e. The molecule has 26 heavy (non-hydrogen) atoms. The molecule has 0 bridgehead atoms. The molecular formula is C19H14BrNO4S. The van der Waals surface area contributed by atoms with Gasteiger partial charge in [-0.1, -0.05) is 58.4 Å². The number of carboxylic acids is 1. The summed E-state index contributed by atoms with van der Waals surface area (Å²) in [5.74, 6) is -1.10. The average Bonchev–Trinajstić information content (AvgIpc) is 3.05. The first-order chi connectivity index (χ1) is 12.5. The van der Waals surface area contributed by atoms with Gasteiger partial charge in [0.05, 0.1) is 5.69 Å². The van der Waals surface area contributed by atoms with Crippen LogP contribution in [0.5, 0.6) is 0 Å². The van der Waals surface area contributed by atoms with Crippen molar-refractivity contribution >= 4 is 45.0 Å². The minimum absolute atomic E-state index is 0.0552. The number of carbonyl (C=O) groups is 2. The highest BCUT2D eigenvalue weighted by atomic mass is 79.9. The Morgan fingerprint density at radius 2 is 1.77 bits per heavy atom. The minimum Gasteiger partial charge on any atom is -0.477 e. The van der Waals surface area contributed by atoms with Gasteiger partial charge in [0.2, 0.25) is 0 Å². The Balaban J connectivity index is 1.74. The molecule has 0 aliphatic heterocycles. The van der Waals surface area contributed by atoms with Crippen LogP contribution in [-0.4, -0.2) is 17.2 Å². The predicted molar refractivity (Wildman–Crippen MR) is 105 cm³/mol. The lowest BCUT2D eigenvalue weighted by Gasteiger charge is -2.06. The number of hydrogen-bond donors (Lipinski definition) is 2. The SMILES string of the molecule is O=C(Nc1cc(-c2ccc(Br)cc2)sc1C(=O)O)OCc1ccccc1. The van der Waals surface area contributed by atoms with Gasteiger partial charge in [-0.05, 0) is 29.3 Å². The zero-order chi connectivity index (χ0) is 18.5.